The summed E-state index contributed by atoms with van der Waals surface area (Å²) in [7, 11) is 0. The normalized spacial score (nSPS) is 10.1. The van der Waals surface area contributed by atoms with Gasteiger partial charge in [0.05, 0.1) is 4.92 Å². The van der Waals surface area contributed by atoms with Crippen molar-refractivity contribution in [1.29, 1.82) is 0 Å². The number of aromatic amines is 1. The topological polar surface area (TPSA) is 120 Å². The fraction of sp³-hybridized carbons (Fsp3) is 0. The van der Waals surface area contributed by atoms with Crippen molar-refractivity contribution in [3.05, 3.63) is 38.9 Å². The Hall–Kier alpha value is -2.58. The third-order valence-electron chi connectivity index (χ3n) is 1.63. The fourth-order valence-electron chi connectivity index (χ4n) is 0.959. The lowest BCUT2D eigenvalue weighted by molar-refractivity contribution is -0.385. The number of nitrogens with one attached hydrogen (secondary N) is 1. The Labute approximate surface area is 81.5 Å². The summed E-state index contributed by atoms with van der Waals surface area (Å²) in [5.74, 6) is 0.166. The standard InChI is InChI=1S/C6H4N6O3/c13-6-8-9-10-11(6)5-2-1-4(3-7-5)12(14)15/h1-3H,(H,8,10,13). The Bertz CT molecular complexity index is 540. The van der Waals surface area contributed by atoms with Gasteiger partial charge in [-0.15, -0.1) is 4.68 Å². The molecule has 0 radical (unpaired) electrons. The van der Waals surface area contributed by atoms with Crippen LogP contribution in [0.2, 0.25) is 0 Å². The number of rotatable bonds is 2. The van der Waals surface area contributed by atoms with Crippen molar-refractivity contribution in [3.63, 3.8) is 0 Å². The molecule has 0 saturated heterocycles. The molecule has 0 aliphatic rings. The second kappa shape index (κ2) is 3.29. The third kappa shape index (κ3) is 1.57. The Morgan fingerprint density at radius 3 is 2.73 bits per heavy atom. The minimum Gasteiger partial charge on any atom is -0.258 e. The third-order valence-corrected chi connectivity index (χ3v) is 1.63. The van der Waals surface area contributed by atoms with Gasteiger partial charge >= 0.3 is 5.69 Å². The number of aromatic nitrogens is 5. The molecule has 76 valence electrons. The first-order valence-electron chi connectivity index (χ1n) is 3.79. The number of hydrogen-bond acceptors (Lipinski definition) is 6. The van der Waals surface area contributed by atoms with E-state index in [9.17, 15) is 14.9 Å². The van der Waals surface area contributed by atoms with E-state index in [2.05, 4.69) is 20.5 Å². The van der Waals surface area contributed by atoms with Crippen LogP contribution in [0.15, 0.2) is 23.1 Å². The predicted molar refractivity (Wildman–Crippen MR) is 46.4 cm³/mol. The molecule has 0 aliphatic carbocycles. The summed E-state index contributed by atoms with van der Waals surface area (Å²) in [4.78, 5) is 24.5. The Morgan fingerprint density at radius 1 is 1.47 bits per heavy atom. The molecule has 0 spiro atoms. The lowest BCUT2D eigenvalue weighted by Gasteiger charge is -1.95. The monoisotopic (exact) mass is 208 g/mol. The lowest BCUT2D eigenvalue weighted by atomic mass is 10.4. The molecule has 0 aliphatic heterocycles. The molecule has 0 aromatic carbocycles. The second-order valence-electron chi connectivity index (χ2n) is 2.55. The molecule has 2 aromatic rings. The number of nitrogens with zero attached hydrogens (tertiary/aromatic N) is 5. The van der Waals surface area contributed by atoms with Crippen LogP contribution in [0.5, 0.6) is 0 Å². The average Bonchev–Trinajstić information content (AvgIpc) is 2.65. The Balaban J connectivity index is 2.44. The first-order valence-corrected chi connectivity index (χ1v) is 3.79. The molecule has 0 amide bonds. The molecule has 0 atom stereocenters. The highest BCUT2D eigenvalue weighted by atomic mass is 16.6. The van der Waals surface area contributed by atoms with Crippen molar-refractivity contribution in [2.45, 2.75) is 0 Å². The predicted octanol–water partition coefficient (Wildman–Crippen LogP) is -0.741. The first-order chi connectivity index (χ1) is 7.18. The zero-order valence-electron chi connectivity index (χ0n) is 7.19. The van der Waals surface area contributed by atoms with Gasteiger partial charge in [-0.2, -0.15) is 0 Å². The van der Waals surface area contributed by atoms with Crippen LogP contribution in [0.3, 0.4) is 0 Å². The fourth-order valence-corrected chi connectivity index (χ4v) is 0.959. The van der Waals surface area contributed by atoms with Gasteiger partial charge in [0.25, 0.3) is 5.69 Å². The number of pyridine rings is 1. The number of tetrazole rings is 1. The van der Waals surface area contributed by atoms with Crippen molar-refractivity contribution >= 4 is 5.69 Å². The summed E-state index contributed by atoms with van der Waals surface area (Å²) in [6.45, 7) is 0. The summed E-state index contributed by atoms with van der Waals surface area (Å²) in [6, 6.07) is 2.53. The molecule has 0 fully saturated rings. The van der Waals surface area contributed by atoms with Crippen LogP contribution >= 0.6 is 0 Å². The molecule has 2 heterocycles. The highest BCUT2D eigenvalue weighted by Gasteiger charge is 2.08. The largest absolute Gasteiger partial charge is 0.367 e. The van der Waals surface area contributed by atoms with Crippen LogP contribution in [0, 0.1) is 10.1 Å². The van der Waals surface area contributed by atoms with Crippen LogP contribution in [0.25, 0.3) is 5.82 Å². The molecule has 15 heavy (non-hydrogen) atoms. The molecule has 1 N–H and O–H groups in total. The van der Waals surface area contributed by atoms with Crippen molar-refractivity contribution < 1.29 is 4.92 Å². The maximum atomic E-state index is 11.0. The van der Waals surface area contributed by atoms with Crippen LogP contribution in [0.1, 0.15) is 0 Å². The second-order valence-corrected chi connectivity index (χ2v) is 2.55. The maximum absolute atomic E-state index is 11.0. The van der Waals surface area contributed by atoms with Gasteiger partial charge in [-0.25, -0.2) is 14.9 Å². The number of nitro groups is 1. The summed E-state index contributed by atoms with van der Waals surface area (Å²) in [5.41, 5.74) is -0.716. The smallest absolute Gasteiger partial charge is 0.258 e. The SMILES string of the molecule is O=c1[nH]nnn1-c1ccc([N+](=O)[O-])cn1. The van der Waals surface area contributed by atoms with Crippen LogP contribution in [-0.2, 0) is 0 Å². The summed E-state index contributed by atoms with van der Waals surface area (Å²) in [6.07, 6.45) is 1.04. The quantitative estimate of drug-likeness (QED) is 0.512. The molecular formula is C6H4N6O3. The van der Waals surface area contributed by atoms with Crippen LogP contribution in [0.4, 0.5) is 5.69 Å². The van der Waals surface area contributed by atoms with E-state index in [0.29, 0.717) is 0 Å². The number of hydrogen-bond donors (Lipinski definition) is 1. The maximum Gasteiger partial charge on any atom is 0.367 e. The summed E-state index contributed by atoms with van der Waals surface area (Å²) < 4.78 is 0.893. The van der Waals surface area contributed by atoms with E-state index < -0.39 is 10.6 Å². The van der Waals surface area contributed by atoms with Gasteiger partial charge in [0, 0.05) is 6.07 Å². The number of H-pyrrole nitrogens is 1. The molecule has 2 aromatic heterocycles. The van der Waals surface area contributed by atoms with E-state index in [-0.39, 0.29) is 11.5 Å². The molecule has 9 nitrogen and oxygen atoms in total. The summed E-state index contributed by atoms with van der Waals surface area (Å²) >= 11 is 0. The zero-order chi connectivity index (χ0) is 10.8. The van der Waals surface area contributed by atoms with Gasteiger partial charge in [-0.1, -0.05) is 0 Å². The Kier molecular flexibility index (Phi) is 1.97. The van der Waals surface area contributed by atoms with E-state index in [1.807, 2.05) is 0 Å². The van der Waals surface area contributed by atoms with Crippen molar-refractivity contribution in [1.82, 2.24) is 25.2 Å². The molecule has 9 heteroatoms. The summed E-state index contributed by atoms with van der Waals surface area (Å²) in [5, 5.41) is 19.1. The highest BCUT2D eigenvalue weighted by molar-refractivity contribution is 5.31. The van der Waals surface area contributed by atoms with Crippen LogP contribution < -0.4 is 5.69 Å². The minimum atomic E-state index is -0.581. The first kappa shape index (κ1) is 8.99. The van der Waals surface area contributed by atoms with E-state index in [0.717, 1.165) is 10.9 Å². The van der Waals surface area contributed by atoms with Crippen molar-refractivity contribution in [2.75, 3.05) is 0 Å². The van der Waals surface area contributed by atoms with Crippen molar-refractivity contribution in [3.8, 4) is 5.82 Å². The lowest BCUT2D eigenvalue weighted by Crippen LogP contribution is -2.17. The Morgan fingerprint density at radius 2 is 2.27 bits per heavy atom. The molecule has 0 unspecified atom stereocenters. The van der Waals surface area contributed by atoms with Gasteiger partial charge in [-0.3, -0.25) is 10.1 Å². The van der Waals surface area contributed by atoms with Gasteiger partial charge in [0.15, 0.2) is 5.82 Å². The van der Waals surface area contributed by atoms with E-state index in [1.165, 1.54) is 12.1 Å². The van der Waals surface area contributed by atoms with E-state index >= 15 is 0 Å². The van der Waals surface area contributed by atoms with Crippen LogP contribution in [-0.4, -0.2) is 30.1 Å². The molecule has 0 saturated carbocycles. The van der Waals surface area contributed by atoms with Crippen molar-refractivity contribution in [2.24, 2.45) is 0 Å². The van der Waals surface area contributed by atoms with Gasteiger partial charge in [-0.05, 0) is 16.5 Å². The molecule has 0 bridgehead atoms. The van der Waals surface area contributed by atoms with Gasteiger partial charge in [0.1, 0.15) is 6.20 Å². The van der Waals surface area contributed by atoms with Gasteiger partial charge in [0.2, 0.25) is 0 Å². The van der Waals surface area contributed by atoms with Gasteiger partial charge < -0.3 is 0 Å². The van der Waals surface area contributed by atoms with E-state index in [4.69, 9.17) is 0 Å². The minimum absolute atomic E-state index is 0.157. The molecule has 2 rings (SSSR count). The zero-order valence-corrected chi connectivity index (χ0v) is 7.19. The molecular weight excluding hydrogens is 204 g/mol. The van der Waals surface area contributed by atoms with E-state index in [1.54, 1.807) is 0 Å². The highest BCUT2D eigenvalue weighted by Crippen LogP contribution is 2.09. The average molecular weight is 208 g/mol.